The molecule has 0 bridgehead atoms. The van der Waals surface area contributed by atoms with Gasteiger partial charge in [-0.2, -0.15) is 5.26 Å². The van der Waals surface area contributed by atoms with Crippen LogP contribution in [0.5, 0.6) is 0 Å². The van der Waals surface area contributed by atoms with Crippen LogP contribution in [0.1, 0.15) is 37.7 Å². The highest BCUT2D eigenvalue weighted by Gasteiger charge is 2.20. The fraction of sp³-hybridized carbons (Fsp3) is 0.312. The van der Waals surface area contributed by atoms with Crippen LogP contribution in [0, 0.1) is 18.3 Å². The second kappa shape index (κ2) is 5.41. The summed E-state index contributed by atoms with van der Waals surface area (Å²) in [7, 11) is 0. The second-order valence-electron chi connectivity index (χ2n) is 5.97. The van der Waals surface area contributed by atoms with E-state index in [4.69, 9.17) is 11.0 Å². The summed E-state index contributed by atoms with van der Waals surface area (Å²) in [6.07, 6.45) is 0. The summed E-state index contributed by atoms with van der Waals surface area (Å²) in [5, 5.41) is 12.2. The highest BCUT2D eigenvalue weighted by atomic mass is 15.1. The van der Waals surface area contributed by atoms with Gasteiger partial charge in [0.05, 0.1) is 11.6 Å². The van der Waals surface area contributed by atoms with Gasteiger partial charge in [0.2, 0.25) is 0 Å². The van der Waals surface area contributed by atoms with Gasteiger partial charge in [-0.25, -0.2) is 9.97 Å². The van der Waals surface area contributed by atoms with Gasteiger partial charge >= 0.3 is 0 Å². The van der Waals surface area contributed by atoms with Crippen molar-refractivity contribution in [2.24, 2.45) is 0 Å². The van der Waals surface area contributed by atoms with E-state index in [1.807, 2.05) is 39.8 Å². The quantitative estimate of drug-likeness (QED) is 0.882. The number of nitrogen functional groups attached to an aromatic ring is 1. The van der Waals surface area contributed by atoms with Crippen molar-refractivity contribution >= 4 is 17.3 Å². The molecule has 5 nitrogen and oxygen atoms in total. The Hall–Kier alpha value is -2.61. The van der Waals surface area contributed by atoms with Crippen LogP contribution in [0.25, 0.3) is 0 Å². The molecule has 21 heavy (non-hydrogen) atoms. The van der Waals surface area contributed by atoms with Crippen molar-refractivity contribution in [1.82, 2.24) is 9.97 Å². The van der Waals surface area contributed by atoms with Crippen molar-refractivity contribution in [2.45, 2.75) is 33.1 Å². The number of rotatable bonds is 2. The van der Waals surface area contributed by atoms with Gasteiger partial charge in [-0.15, -0.1) is 0 Å². The molecule has 0 spiro atoms. The predicted molar refractivity (Wildman–Crippen MR) is 84.3 cm³/mol. The fourth-order valence-corrected chi connectivity index (χ4v) is 1.79. The lowest BCUT2D eigenvalue weighted by atomic mass is 9.95. The van der Waals surface area contributed by atoms with Crippen LogP contribution in [0.15, 0.2) is 24.3 Å². The maximum atomic E-state index is 8.95. The summed E-state index contributed by atoms with van der Waals surface area (Å²) >= 11 is 0. The summed E-state index contributed by atoms with van der Waals surface area (Å²) in [4.78, 5) is 8.92. The Labute approximate surface area is 124 Å². The first-order chi connectivity index (χ1) is 9.81. The van der Waals surface area contributed by atoms with E-state index in [0.29, 0.717) is 23.0 Å². The SMILES string of the molecule is Cc1c(N)nc(C(C)(C)C)nc1Nc1cccc(C#N)c1. The van der Waals surface area contributed by atoms with Gasteiger partial charge in [0.1, 0.15) is 17.5 Å². The van der Waals surface area contributed by atoms with Crippen LogP contribution in [0.2, 0.25) is 0 Å². The molecular weight excluding hydrogens is 262 g/mol. The number of nitrogens with zero attached hydrogens (tertiary/aromatic N) is 3. The lowest BCUT2D eigenvalue weighted by molar-refractivity contribution is 0.546. The first-order valence-corrected chi connectivity index (χ1v) is 6.73. The van der Waals surface area contributed by atoms with Crippen molar-refractivity contribution in [3.05, 3.63) is 41.2 Å². The van der Waals surface area contributed by atoms with Gasteiger partial charge in [-0.05, 0) is 25.1 Å². The van der Waals surface area contributed by atoms with Crippen molar-refractivity contribution in [1.29, 1.82) is 5.26 Å². The van der Waals surface area contributed by atoms with E-state index in [9.17, 15) is 0 Å². The summed E-state index contributed by atoms with van der Waals surface area (Å²) < 4.78 is 0. The molecule has 0 radical (unpaired) electrons. The summed E-state index contributed by atoms with van der Waals surface area (Å²) in [6.45, 7) is 7.99. The Balaban J connectivity index is 2.44. The smallest absolute Gasteiger partial charge is 0.139 e. The molecule has 5 heteroatoms. The largest absolute Gasteiger partial charge is 0.383 e. The van der Waals surface area contributed by atoms with E-state index < -0.39 is 0 Å². The van der Waals surface area contributed by atoms with Gasteiger partial charge in [-0.1, -0.05) is 26.8 Å². The third-order valence-electron chi connectivity index (χ3n) is 3.11. The van der Waals surface area contributed by atoms with Crippen molar-refractivity contribution < 1.29 is 0 Å². The number of nitrogens with two attached hydrogens (primary N) is 1. The van der Waals surface area contributed by atoms with Crippen LogP contribution in [0.3, 0.4) is 0 Å². The Kier molecular flexibility index (Phi) is 3.81. The molecule has 0 amide bonds. The first-order valence-electron chi connectivity index (χ1n) is 6.73. The molecule has 0 aliphatic rings. The lowest BCUT2D eigenvalue weighted by Crippen LogP contribution is -2.18. The van der Waals surface area contributed by atoms with E-state index in [2.05, 4.69) is 21.4 Å². The molecule has 0 atom stereocenters. The third-order valence-corrected chi connectivity index (χ3v) is 3.11. The maximum absolute atomic E-state index is 8.95. The molecule has 0 saturated carbocycles. The van der Waals surface area contributed by atoms with Crippen LogP contribution >= 0.6 is 0 Å². The maximum Gasteiger partial charge on any atom is 0.139 e. The van der Waals surface area contributed by atoms with Gasteiger partial charge in [0.25, 0.3) is 0 Å². The number of nitrogens with one attached hydrogen (secondary N) is 1. The molecule has 0 aliphatic heterocycles. The van der Waals surface area contributed by atoms with Gasteiger partial charge in [-0.3, -0.25) is 0 Å². The zero-order valence-corrected chi connectivity index (χ0v) is 12.7. The first kappa shape index (κ1) is 14.8. The minimum Gasteiger partial charge on any atom is -0.383 e. The van der Waals surface area contributed by atoms with E-state index in [0.717, 1.165) is 11.3 Å². The Morgan fingerprint density at radius 3 is 2.57 bits per heavy atom. The molecule has 2 aromatic rings. The molecule has 1 aromatic heterocycles. The minimum atomic E-state index is -0.188. The van der Waals surface area contributed by atoms with Crippen LogP contribution in [-0.4, -0.2) is 9.97 Å². The number of benzene rings is 1. The average molecular weight is 281 g/mol. The lowest BCUT2D eigenvalue weighted by Gasteiger charge is -2.19. The predicted octanol–water partition coefficient (Wildman–Crippen LogP) is 3.28. The fourth-order valence-electron chi connectivity index (χ4n) is 1.79. The molecule has 0 saturated heterocycles. The zero-order valence-electron chi connectivity index (χ0n) is 12.7. The Morgan fingerprint density at radius 1 is 1.24 bits per heavy atom. The Bertz CT molecular complexity index is 708. The minimum absolute atomic E-state index is 0.188. The molecule has 3 N–H and O–H groups in total. The third kappa shape index (κ3) is 3.29. The molecule has 0 aliphatic carbocycles. The van der Waals surface area contributed by atoms with Crippen LogP contribution < -0.4 is 11.1 Å². The number of anilines is 3. The van der Waals surface area contributed by atoms with E-state index >= 15 is 0 Å². The highest BCUT2D eigenvalue weighted by molar-refractivity contribution is 5.64. The number of nitriles is 1. The van der Waals surface area contributed by atoms with E-state index in [1.165, 1.54) is 0 Å². The molecule has 0 unspecified atom stereocenters. The number of aromatic nitrogens is 2. The number of hydrogen-bond acceptors (Lipinski definition) is 5. The summed E-state index contributed by atoms with van der Waals surface area (Å²) in [5.74, 6) is 1.82. The Morgan fingerprint density at radius 2 is 1.95 bits per heavy atom. The normalized spacial score (nSPS) is 11.0. The topological polar surface area (TPSA) is 87.6 Å². The molecule has 1 aromatic carbocycles. The van der Waals surface area contributed by atoms with Crippen LogP contribution in [0.4, 0.5) is 17.3 Å². The standard InChI is InChI=1S/C16H19N5/c1-10-13(18)20-15(16(2,3)4)21-14(10)19-12-7-5-6-11(8-12)9-17/h5-8H,1-4H3,(H3,18,19,20,21). The van der Waals surface area contributed by atoms with E-state index in [1.54, 1.807) is 12.1 Å². The second-order valence-corrected chi connectivity index (χ2v) is 5.97. The van der Waals surface area contributed by atoms with Crippen molar-refractivity contribution in [3.8, 4) is 6.07 Å². The monoisotopic (exact) mass is 281 g/mol. The van der Waals surface area contributed by atoms with Crippen molar-refractivity contribution in [2.75, 3.05) is 11.1 Å². The molecule has 2 rings (SSSR count). The average Bonchev–Trinajstić information content (AvgIpc) is 2.42. The van der Waals surface area contributed by atoms with Crippen LogP contribution in [-0.2, 0) is 5.41 Å². The highest BCUT2D eigenvalue weighted by Crippen LogP contribution is 2.27. The molecule has 108 valence electrons. The van der Waals surface area contributed by atoms with E-state index in [-0.39, 0.29) is 5.41 Å². The van der Waals surface area contributed by atoms with Gasteiger partial charge in [0.15, 0.2) is 0 Å². The number of hydrogen-bond donors (Lipinski definition) is 2. The zero-order chi connectivity index (χ0) is 15.6. The summed E-state index contributed by atoms with van der Waals surface area (Å²) in [5.41, 5.74) is 7.99. The summed E-state index contributed by atoms with van der Waals surface area (Å²) in [6, 6.07) is 9.36. The molecule has 1 heterocycles. The van der Waals surface area contributed by atoms with Crippen molar-refractivity contribution in [3.63, 3.8) is 0 Å². The molecule has 0 fully saturated rings. The molecular formula is C16H19N5. The van der Waals surface area contributed by atoms with Gasteiger partial charge in [0, 0.05) is 16.7 Å². The van der Waals surface area contributed by atoms with Gasteiger partial charge < -0.3 is 11.1 Å².